The largest absolute Gasteiger partial charge is 0.343 e. The van der Waals surface area contributed by atoms with Crippen LogP contribution in [0.25, 0.3) is 0 Å². The van der Waals surface area contributed by atoms with E-state index in [1.807, 2.05) is 0 Å². The van der Waals surface area contributed by atoms with Gasteiger partial charge in [-0.2, -0.15) is 0 Å². The molecule has 1 amide bonds. The van der Waals surface area contributed by atoms with Gasteiger partial charge in [-0.3, -0.25) is 4.79 Å². The Hall–Kier alpha value is -0.570. The quantitative estimate of drug-likeness (QED) is 0.796. The number of nitrogens with zero attached hydrogens (tertiary/aromatic N) is 1. The molecule has 0 atom stereocenters. The molecule has 16 heavy (non-hydrogen) atoms. The van der Waals surface area contributed by atoms with Gasteiger partial charge >= 0.3 is 0 Å². The number of hydrogen-bond acceptors (Lipinski definition) is 2. The standard InChI is InChI=1S/C13H24N2O/c14-9-3-4-12(16)15-10-7-13(8-11-15)5-1-2-6-13/h1-11,14H2. The van der Waals surface area contributed by atoms with Crippen LogP contribution in [-0.2, 0) is 4.79 Å². The summed E-state index contributed by atoms with van der Waals surface area (Å²) < 4.78 is 0. The van der Waals surface area contributed by atoms with Crippen LogP contribution in [0.3, 0.4) is 0 Å². The van der Waals surface area contributed by atoms with Crippen molar-refractivity contribution in [3.63, 3.8) is 0 Å². The molecule has 1 saturated heterocycles. The molecule has 2 aliphatic rings. The first kappa shape index (κ1) is 11.9. The lowest BCUT2D eigenvalue weighted by molar-refractivity contribution is -0.133. The Morgan fingerprint density at radius 1 is 1.12 bits per heavy atom. The number of amides is 1. The summed E-state index contributed by atoms with van der Waals surface area (Å²) in [5.41, 5.74) is 6.05. The van der Waals surface area contributed by atoms with E-state index in [-0.39, 0.29) is 0 Å². The Morgan fingerprint density at radius 3 is 2.31 bits per heavy atom. The van der Waals surface area contributed by atoms with Crippen molar-refractivity contribution in [2.45, 2.75) is 51.4 Å². The third-order valence-electron chi connectivity index (χ3n) is 4.44. The lowest BCUT2D eigenvalue weighted by Gasteiger charge is -2.39. The normalized spacial score (nSPS) is 23.9. The van der Waals surface area contributed by atoms with Gasteiger partial charge in [0, 0.05) is 19.5 Å². The first-order valence-corrected chi connectivity index (χ1v) is 6.74. The molecule has 92 valence electrons. The van der Waals surface area contributed by atoms with Crippen LogP contribution in [-0.4, -0.2) is 30.4 Å². The number of carbonyl (C=O) groups is 1. The van der Waals surface area contributed by atoms with E-state index in [4.69, 9.17) is 5.73 Å². The van der Waals surface area contributed by atoms with Crippen molar-refractivity contribution < 1.29 is 4.79 Å². The van der Waals surface area contributed by atoms with Gasteiger partial charge in [-0.15, -0.1) is 0 Å². The van der Waals surface area contributed by atoms with E-state index in [1.165, 1.54) is 38.5 Å². The Morgan fingerprint density at radius 2 is 1.75 bits per heavy atom. The second-order valence-electron chi connectivity index (χ2n) is 5.48. The molecule has 1 heterocycles. The van der Waals surface area contributed by atoms with Crippen molar-refractivity contribution in [2.24, 2.45) is 11.1 Å². The molecule has 1 spiro atoms. The molecule has 0 aromatic carbocycles. The minimum Gasteiger partial charge on any atom is -0.343 e. The van der Waals surface area contributed by atoms with Gasteiger partial charge in [-0.05, 0) is 44.1 Å². The van der Waals surface area contributed by atoms with E-state index in [1.54, 1.807) is 0 Å². The third kappa shape index (κ3) is 2.57. The van der Waals surface area contributed by atoms with Crippen molar-refractivity contribution in [2.75, 3.05) is 19.6 Å². The predicted octanol–water partition coefficient (Wildman–Crippen LogP) is 1.91. The van der Waals surface area contributed by atoms with E-state index in [0.29, 0.717) is 24.3 Å². The van der Waals surface area contributed by atoms with Crippen LogP contribution in [0, 0.1) is 5.41 Å². The van der Waals surface area contributed by atoms with Crippen LogP contribution in [0.5, 0.6) is 0 Å². The van der Waals surface area contributed by atoms with Crippen molar-refractivity contribution in [3.8, 4) is 0 Å². The molecule has 3 heteroatoms. The van der Waals surface area contributed by atoms with Crippen LogP contribution in [0.2, 0.25) is 0 Å². The van der Waals surface area contributed by atoms with Crippen molar-refractivity contribution in [3.05, 3.63) is 0 Å². The van der Waals surface area contributed by atoms with E-state index in [9.17, 15) is 4.79 Å². The first-order chi connectivity index (χ1) is 7.76. The van der Waals surface area contributed by atoms with Gasteiger partial charge in [-0.1, -0.05) is 12.8 Å². The third-order valence-corrected chi connectivity index (χ3v) is 4.44. The number of carbonyl (C=O) groups excluding carboxylic acids is 1. The van der Waals surface area contributed by atoms with Crippen LogP contribution in [0.1, 0.15) is 51.4 Å². The number of nitrogens with two attached hydrogens (primary N) is 1. The highest BCUT2D eigenvalue weighted by Gasteiger charge is 2.37. The summed E-state index contributed by atoms with van der Waals surface area (Å²) in [7, 11) is 0. The molecule has 2 N–H and O–H groups in total. The average molecular weight is 224 g/mol. The van der Waals surface area contributed by atoms with Crippen LogP contribution in [0.4, 0.5) is 0 Å². The van der Waals surface area contributed by atoms with Crippen LogP contribution < -0.4 is 5.73 Å². The SMILES string of the molecule is NCCCC(=O)N1CCC2(CCCC2)CC1. The zero-order valence-corrected chi connectivity index (χ0v) is 10.2. The van der Waals surface area contributed by atoms with Crippen LogP contribution >= 0.6 is 0 Å². The van der Waals surface area contributed by atoms with Crippen molar-refractivity contribution in [1.29, 1.82) is 0 Å². The molecule has 0 aromatic heterocycles. The minimum absolute atomic E-state index is 0.318. The molecule has 0 bridgehead atoms. The highest BCUT2D eigenvalue weighted by Crippen LogP contribution is 2.46. The van der Waals surface area contributed by atoms with E-state index < -0.39 is 0 Å². The fraction of sp³-hybridized carbons (Fsp3) is 0.923. The molecule has 3 nitrogen and oxygen atoms in total. The summed E-state index contributed by atoms with van der Waals surface area (Å²) in [5, 5.41) is 0. The summed E-state index contributed by atoms with van der Waals surface area (Å²) in [6.45, 7) is 2.61. The predicted molar refractivity (Wildman–Crippen MR) is 65.0 cm³/mol. The average Bonchev–Trinajstić information content (AvgIpc) is 2.75. The zero-order chi connectivity index (χ0) is 11.4. The molecule has 2 fully saturated rings. The molecule has 0 unspecified atom stereocenters. The second-order valence-corrected chi connectivity index (χ2v) is 5.48. The van der Waals surface area contributed by atoms with Gasteiger partial charge in [0.25, 0.3) is 0 Å². The van der Waals surface area contributed by atoms with Crippen molar-refractivity contribution in [1.82, 2.24) is 4.90 Å². The van der Waals surface area contributed by atoms with Crippen molar-refractivity contribution >= 4 is 5.91 Å². The van der Waals surface area contributed by atoms with E-state index in [2.05, 4.69) is 4.90 Å². The smallest absolute Gasteiger partial charge is 0.222 e. The van der Waals surface area contributed by atoms with Gasteiger partial charge < -0.3 is 10.6 Å². The Labute approximate surface area is 98.4 Å². The number of piperidine rings is 1. The molecule has 0 aromatic rings. The maximum atomic E-state index is 11.8. The summed E-state index contributed by atoms with van der Waals surface area (Å²) in [6, 6.07) is 0. The summed E-state index contributed by atoms with van der Waals surface area (Å²) in [5.74, 6) is 0.318. The summed E-state index contributed by atoms with van der Waals surface area (Å²) in [4.78, 5) is 13.9. The van der Waals surface area contributed by atoms with Gasteiger partial charge in [0.05, 0.1) is 0 Å². The minimum atomic E-state index is 0.318. The van der Waals surface area contributed by atoms with Crippen LogP contribution in [0.15, 0.2) is 0 Å². The maximum absolute atomic E-state index is 11.8. The van der Waals surface area contributed by atoms with Gasteiger partial charge in [0.1, 0.15) is 0 Å². The molecule has 1 aliphatic heterocycles. The molecule has 2 rings (SSSR count). The lowest BCUT2D eigenvalue weighted by atomic mass is 9.77. The summed E-state index contributed by atoms with van der Waals surface area (Å²) in [6.07, 6.45) is 9.56. The first-order valence-electron chi connectivity index (χ1n) is 6.74. The molecule has 1 aliphatic carbocycles. The summed E-state index contributed by atoms with van der Waals surface area (Å²) >= 11 is 0. The number of rotatable bonds is 3. The maximum Gasteiger partial charge on any atom is 0.222 e. The fourth-order valence-electron chi connectivity index (χ4n) is 3.27. The molecule has 1 saturated carbocycles. The molecular formula is C13H24N2O. The topological polar surface area (TPSA) is 46.3 Å². The van der Waals surface area contributed by atoms with E-state index in [0.717, 1.165) is 19.5 Å². The molecular weight excluding hydrogens is 200 g/mol. The second kappa shape index (κ2) is 5.17. The highest BCUT2D eigenvalue weighted by atomic mass is 16.2. The zero-order valence-electron chi connectivity index (χ0n) is 10.2. The number of hydrogen-bond donors (Lipinski definition) is 1. The Kier molecular flexibility index (Phi) is 3.85. The lowest BCUT2D eigenvalue weighted by Crippen LogP contribution is -2.42. The monoisotopic (exact) mass is 224 g/mol. The van der Waals surface area contributed by atoms with Gasteiger partial charge in [0.2, 0.25) is 5.91 Å². The Balaban J connectivity index is 1.78. The Bertz CT molecular complexity index is 236. The van der Waals surface area contributed by atoms with Gasteiger partial charge in [-0.25, -0.2) is 0 Å². The van der Waals surface area contributed by atoms with E-state index >= 15 is 0 Å². The van der Waals surface area contributed by atoms with Gasteiger partial charge in [0.15, 0.2) is 0 Å². The highest BCUT2D eigenvalue weighted by molar-refractivity contribution is 5.76. The fourth-order valence-corrected chi connectivity index (χ4v) is 3.27. The number of likely N-dealkylation sites (tertiary alicyclic amines) is 1. The molecule has 0 radical (unpaired) electrons.